The average Bonchev–Trinajstić information content (AvgIpc) is 0.886. The van der Waals surface area contributed by atoms with Crippen molar-refractivity contribution in [2.45, 2.75) is 83.1 Å². The lowest BCUT2D eigenvalue weighted by Gasteiger charge is -2.12. The van der Waals surface area contributed by atoms with Gasteiger partial charge in [-0.15, -0.1) is 0 Å². The Labute approximate surface area is 543 Å². The minimum Gasteiger partial charge on any atom is -0.255 e. The Hall–Kier alpha value is -10.8. The third-order valence-corrected chi connectivity index (χ3v) is 17.8. The maximum Gasteiger partial charge on any atom is 0.0740 e. The molecule has 0 unspecified atom stereocenters. The van der Waals surface area contributed by atoms with Crippen LogP contribution in [0, 0.1) is 83.1 Å². The highest BCUT2D eigenvalue weighted by Gasteiger charge is 2.14. The molecule has 15 aromatic rings. The van der Waals surface area contributed by atoms with Crippen molar-refractivity contribution in [3.8, 4) is 56.3 Å². The molecule has 5 aromatic heterocycles. The molecule has 0 bridgehead atoms. The Balaban J connectivity index is 0.000000118. The molecule has 452 valence electrons. The molecular weight excluding hydrogens is 1110 g/mol. The van der Waals surface area contributed by atoms with Gasteiger partial charge in [0.1, 0.15) is 0 Å². The number of pyridine rings is 5. The molecule has 0 amide bonds. The van der Waals surface area contributed by atoms with E-state index in [2.05, 4.69) is 339 Å². The highest BCUT2D eigenvalue weighted by molar-refractivity contribution is 5.94. The number of rotatable bonds is 5. The van der Waals surface area contributed by atoms with E-state index in [0.29, 0.717) is 0 Å². The Morgan fingerprint density at radius 3 is 0.978 bits per heavy atom. The monoisotopic (exact) mass is 1190 g/mol. The predicted molar refractivity (Wildman–Crippen MR) is 393 cm³/mol. The SMILES string of the molecule is Cc1ccc(-c2ncc3ccccc3c2C)cc1.Cc1ccc(C)c(-c2ncc3ccccc3c2C)c1.Cc1cccc(-c2ncc3ccccc3c2C)c1.Cc1cccc(-c2ncc3ccccc3c2C)c1C.Cc1ccccc1-c1ncc2ccccc2c1C. The van der Waals surface area contributed by atoms with Gasteiger partial charge in [0.15, 0.2) is 0 Å². The maximum atomic E-state index is 4.68. The smallest absolute Gasteiger partial charge is 0.0740 e. The van der Waals surface area contributed by atoms with E-state index in [-0.39, 0.29) is 0 Å². The number of nitrogens with zero attached hydrogens (tertiary/aromatic N) is 5. The molecule has 0 N–H and O–H groups in total. The van der Waals surface area contributed by atoms with E-state index in [9.17, 15) is 0 Å². The number of hydrogen-bond donors (Lipinski definition) is 0. The second-order valence-electron chi connectivity index (χ2n) is 24.2. The molecule has 0 radical (unpaired) electrons. The zero-order valence-electron chi connectivity index (χ0n) is 55.1. The molecule has 0 aliphatic rings. The molecule has 92 heavy (non-hydrogen) atoms. The molecule has 0 spiro atoms. The lowest BCUT2D eigenvalue weighted by molar-refractivity contribution is 1.26. The summed E-state index contributed by atoms with van der Waals surface area (Å²) in [6, 6.07) is 80.4. The molecule has 15 rings (SSSR count). The lowest BCUT2D eigenvalue weighted by Crippen LogP contribution is -1.94. The van der Waals surface area contributed by atoms with E-state index in [1.165, 1.54) is 148 Å². The molecule has 0 fully saturated rings. The van der Waals surface area contributed by atoms with Gasteiger partial charge in [-0.25, -0.2) is 0 Å². The molecular formula is C87H79N5. The van der Waals surface area contributed by atoms with Crippen LogP contribution in [-0.4, -0.2) is 24.9 Å². The van der Waals surface area contributed by atoms with Crippen LogP contribution in [0.2, 0.25) is 0 Å². The van der Waals surface area contributed by atoms with E-state index < -0.39 is 0 Å². The Kier molecular flexibility index (Phi) is 19.4. The first kappa shape index (κ1) is 62.8. The minimum atomic E-state index is 1.08. The summed E-state index contributed by atoms with van der Waals surface area (Å²) < 4.78 is 0. The van der Waals surface area contributed by atoms with Crippen molar-refractivity contribution >= 4 is 53.9 Å². The van der Waals surface area contributed by atoms with Crippen LogP contribution in [0.15, 0.2) is 262 Å². The van der Waals surface area contributed by atoms with E-state index in [1.807, 2.05) is 31.0 Å². The van der Waals surface area contributed by atoms with Crippen LogP contribution in [0.25, 0.3) is 110 Å². The summed E-state index contributed by atoms with van der Waals surface area (Å²) >= 11 is 0. The van der Waals surface area contributed by atoms with E-state index in [0.717, 1.165) is 28.5 Å². The van der Waals surface area contributed by atoms with E-state index in [4.69, 9.17) is 0 Å². The lowest BCUT2D eigenvalue weighted by atomic mass is 9.96. The fraction of sp³-hybridized carbons (Fsp3) is 0.138. The Morgan fingerprint density at radius 2 is 0.522 bits per heavy atom. The number of hydrogen-bond acceptors (Lipinski definition) is 5. The summed E-state index contributed by atoms with van der Waals surface area (Å²) in [7, 11) is 0. The number of aromatic nitrogens is 5. The predicted octanol–water partition coefficient (Wildman–Crippen LogP) is 23.2. The van der Waals surface area contributed by atoms with Crippen LogP contribution in [0.4, 0.5) is 0 Å². The van der Waals surface area contributed by atoms with Crippen molar-refractivity contribution in [1.29, 1.82) is 0 Å². The zero-order valence-corrected chi connectivity index (χ0v) is 55.1. The molecule has 0 atom stereocenters. The summed E-state index contributed by atoms with van der Waals surface area (Å²) in [6.45, 7) is 25.7. The first-order valence-corrected chi connectivity index (χ1v) is 31.7. The summed E-state index contributed by atoms with van der Waals surface area (Å²) in [5, 5.41) is 12.4. The van der Waals surface area contributed by atoms with Gasteiger partial charge in [-0.1, -0.05) is 235 Å². The van der Waals surface area contributed by atoms with Crippen LogP contribution < -0.4 is 0 Å². The van der Waals surface area contributed by atoms with Gasteiger partial charge in [0.05, 0.1) is 28.5 Å². The van der Waals surface area contributed by atoms with Gasteiger partial charge < -0.3 is 0 Å². The van der Waals surface area contributed by atoms with Gasteiger partial charge in [0.2, 0.25) is 0 Å². The molecule has 5 nitrogen and oxygen atoms in total. The summed E-state index contributed by atoms with van der Waals surface area (Å²) in [4.78, 5) is 23.2. The normalized spacial score (nSPS) is 10.8. The van der Waals surface area contributed by atoms with Gasteiger partial charge in [0, 0.05) is 85.7 Å². The average molecular weight is 1190 g/mol. The molecule has 5 heterocycles. The topological polar surface area (TPSA) is 64.5 Å². The largest absolute Gasteiger partial charge is 0.255 e. The molecule has 0 aliphatic carbocycles. The van der Waals surface area contributed by atoms with Crippen LogP contribution in [0.3, 0.4) is 0 Å². The van der Waals surface area contributed by atoms with Crippen molar-refractivity contribution in [3.63, 3.8) is 0 Å². The summed E-state index contributed by atoms with van der Waals surface area (Å²) in [5.41, 5.74) is 26.8. The number of aryl methyl sites for hydroxylation is 11. The second-order valence-corrected chi connectivity index (χ2v) is 24.2. The van der Waals surface area contributed by atoms with Gasteiger partial charge >= 0.3 is 0 Å². The number of fused-ring (bicyclic) bond motifs is 5. The quantitative estimate of drug-likeness (QED) is 0.172. The first-order chi connectivity index (χ1) is 44.6. The molecule has 0 saturated heterocycles. The standard InChI is InChI=1S/2C18H17N.3C17H15N/c1-12-7-6-10-17(13(12)2)18-14(3)16-9-5-4-8-15(16)11-19-18;1-12-8-9-13(2)17(10-12)18-14(3)16-7-5-4-6-15(16)11-19-18;1-12-7-3-5-9-15(12)17-13(2)16-10-6-4-8-14(16)11-18-17;1-12-6-5-8-14(10-12)17-13(2)16-9-4-3-7-15(16)11-18-17;1-12-7-9-14(10-8-12)17-13(2)16-6-4-3-5-15(16)11-18-17/h2*4-11H,1-3H3;3*3-11H,1-2H3. The molecule has 0 aliphatic heterocycles. The van der Waals surface area contributed by atoms with Gasteiger partial charge in [0.25, 0.3) is 0 Å². The fourth-order valence-corrected chi connectivity index (χ4v) is 12.3. The van der Waals surface area contributed by atoms with Gasteiger partial charge in [-0.3, -0.25) is 24.9 Å². The minimum absolute atomic E-state index is 1.08. The van der Waals surface area contributed by atoms with Crippen LogP contribution in [-0.2, 0) is 0 Å². The van der Waals surface area contributed by atoms with Crippen molar-refractivity contribution < 1.29 is 0 Å². The highest BCUT2D eigenvalue weighted by atomic mass is 14.7. The van der Waals surface area contributed by atoms with Crippen molar-refractivity contribution in [2.24, 2.45) is 0 Å². The highest BCUT2D eigenvalue weighted by Crippen LogP contribution is 2.35. The van der Waals surface area contributed by atoms with E-state index >= 15 is 0 Å². The van der Waals surface area contributed by atoms with Crippen LogP contribution in [0.1, 0.15) is 66.8 Å². The molecule has 10 aromatic carbocycles. The number of benzene rings is 10. The first-order valence-electron chi connectivity index (χ1n) is 31.7. The third-order valence-electron chi connectivity index (χ3n) is 17.8. The third kappa shape index (κ3) is 13.8. The molecule has 5 heteroatoms. The van der Waals surface area contributed by atoms with Crippen molar-refractivity contribution in [1.82, 2.24) is 24.9 Å². The Morgan fingerprint density at radius 1 is 0.196 bits per heavy atom. The van der Waals surface area contributed by atoms with Crippen molar-refractivity contribution in [2.75, 3.05) is 0 Å². The summed E-state index contributed by atoms with van der Waals surface area (Å²) in [5.74, 6) is 0. The van der Waals surface area contributed by atoms with Gasteiger partial charge in [-0.2, -0.15) is 0 Å². The fourth-order valence-electron chi connectivity index (χ4n) is 12.3. The second kappa shape index (κ2) is 28.4. The van der Waals surface area contributed by atoms with Crippen LogP contribution >= 0.6 is 0 Å². The zero-order chi connectivity index (χ0) is 64.4. The Bertz CT molecular complexity index is 5050. The maximum absolute atomic E-state index is 4.68. The summed E-state index contributed by atoms with van der Waals surface area (Å²) in [6.07, 6.45) is 9.82. The van der Waals surface area contributed by atoms with Crippen LogP contribution in [0.5, 0.6) is 0 Å². The van der Waals surface area contributed by atoms with Gasteiger partial charge in [-0.05, 0) is 172 Å². The molecule has 0 saturated carbocycles. The van der Waals surface area contributed by atoms with Crippen molar-refractivity contribution in [3.05, 3.63) is 328 Å². The van der Waals surface area contributed by atoms with E-state index in [1.54, 1.807) is 0 Å².